The topological polar surface area (TPSA) is 24.3 Å². The molecule has 1 aromatic carbocycles. The van der Waals surface area contributed by atoms with Crippen molar-refractivity contribution in [2.75, 3.05) is 19.6 Å². The lowest BCUT2D eigenvalue weighted by molar-refractivity contribution is 0.0516. The molecule has 23 heavy (non-hydrogen) atoms. The van der Waals surface area contributed by atoms with Gasteiger partial charge < -0.3 is 4.57 Å². The molecule has 4 rings (SSSR count). The van der Waals surface area contributed by atoms with Crippen LogP contribution in [0.1, 0.15) is 38.9 Å². The molecule has 2 aliphatic heterocycles. The van der Waals surface area contributed by atoms with Crippen LogP contribution in [0.2, 0.25) is 0 Å². The Morgan fingerprint density at radius 3 is 2.96 bits per heavy atom. The predicted molar refractivity (Wildman–Crippen MR) is 94.5 cm³/mol. The molecule has 2 atom stereocenters. The summed E-state index contributed by atoms with van der Waals surface area (Å²) in [6, 6.07) is 9.97. The molecule has 0 bridgehead atoms. The predicted octanol–water partition coefficient (Wildman–Crippen LogP) is 3.11. The molecule has 3 heterocycles. The molecule has 0 aliphatic carbocycles. The van der Waals surface area contributed by atoms with E-state index in [0.717, 1.165) is 31.1 Å². The fraction of sp³-hybridized carbons (Fsp3) is 0.632. The van der Waals surface area contributed by atoms with E-state index in [0.29, 0.717) is 6.04 Å². The Morgan fingerprint density at radius 2 is 2.09 bits per heavy atom. The van der Waals surface area contributed by atoms with E-state index < -0.39 is 0 Å². The molecule has 1 aromatic heterocycles. The molecule has 0 radical (unpaired) electrons. The molecule has 2 fully saturated rings. The highest BCUT2D eigenvalue weighted by atomic mass is 15.3. The summed E-state index contributed by atoms with van der Waals surface area (Å²) in [5.74, 6) is 1.24. The molecule has 2 aliphatic rings. The molecule has 0 spiro atoms. The van der Waals surface area contributed by atoms with Crippen molar-refractivity contribution in [3.8, 4) is 0 Å². The van der Waals surface area contributed by atoms with Crippen LogP contribution in [0.25, 0.3) is 11.0 Å². The second-order valence-electron chi connectivity index (χ2n) is 7.24. The summed E-state index contributed by atoms with van der Waals surface area (Å²) in [7, 11) is 0. The van der Waals surface area contributed by atoms with Crippen LogP contribution >= 0.6 is 0 Å². The third-order valence-corrected chi connectivity index (χ3v) is 5.59. The van der Waals surface area contributed by atoms with Gasteiger partial charge in [0, 0.05) is 31.7 Å². The number of benzene rings is 1. The Balaban J connectivity index is 1.60. The molecule has 124 valence electrons. The maximum absolute atomic E-state index is 4.95. The molecule has 2 aromatic rings. The van der Waals surface area contributed by atoms with Gasteiger partial charge in [-0.1, -0.05) is 19.1 Å². The molecule has 0 saturated carbocycles. The van der Waals surface area contributed by atoms with E-state index in [1.54, 1.807) is 0 Å². The average Bonchev–Trinajstić information content (AvgIpc) is 3.13. The van der Waals surface area contributed by atoms with Gasteiger partial charge in [0.25, 0.3) is 0 Å². The van der Waals surface area contributed by atoms with Crippen LogP contribution in [0.4, 0.5) is 0 Å². The summed E-state index contributed by atoms with van der Waals surface area (Å²) in [4.78, 5) is 10.3. The Morgan fingerprint density at radius 1 is 1.22 bits per heavy atom. The molecule has 0 unspecified atom stereocenters. The van der Waals surface area contributed by atoms with Gasteiger partial charge in [0.1, 0.15) is 5.82 Å². The lowest BCUT2D eigenvalue weighted by Crippen LogP contribution is -2.54. The maximum atomic E-state index is 4.95. The average molecular weight is 312 g/mol. The minimum absolute atomic E-state index is 0.624. The second kappa shape index (κ2) is 6.25. The van der Waals surface area contributed by atoms with Gasteiger partial charge in [-0.15, -0.1) is 0 Å². The van der Waals surface area contributed by atoms with Crippen molar-refractivity contribution in [3.63, 3.8) is 0 Å². The summed E-state index contributed by atoms with van der Waals surface area (Å²) in [6.07, 6.45) is 3.90. The lowest BCUT2D eigenvalue weighted by atomic mass is 10.1. The SMILES string of the molecule is CCCn1c(CN2C[C@H]3CCCN3C[C@H]2C)nc2ccccc21. The van der Waals surface area contributed by atoms with Gasteiger partial charge in [0.2, 0.25) is 0 Å². The van der Waals surface area contributed by atoms with E-state index in [-0.39, 0.29) is 0 Å². The highest BCUT2D eigenvalue weighted by Crippen LogP contribution is 2.26. The van der Waals surface area contributed by atoms with Gasteiger partial charge >= 0.3 is 0 Å². The number of para-hydroxylation sites is 2. The van der Waals surface area contributed by atoms with Crippen molar-refractivity contribution in [2.24, 2.45) is 0 Å². The second-order valence-corrected chi connectivity index (χ2v) is 7.24. The van der Waals surface area contributed by atoms with Crippen LogP contribution in [0, 0.1) is 0 Å². The third kappa shape index (κ3) is 2.79. The first-order valence-corrected chi connectivity index (χ1v) is 9.18. The first kappa shape index (κ1) is 15.2. The minimum Gasteiger partial charge on any atom is -0.327 e. The molecular formula is C19H28N4. The number of aryl methyl sites for hydroxylation is 1. The number of piperazine rings is 1. The minimum atomic E-state index is 0.624. The Bertz CT molecular complexity index is 677. The molecule has 4 nitrogen and oxygen atoms in total. The van der Waals surface area contributed by atoms with Crippen molar-refractivity contribution in [1.29, 1.82) is 0 Å². The zero-order valence-corrected chi connectivity index (χ0v) is 14.4. The van der Waals surface area contributed by atoms with Gasteiger partial charge in [-0.3, -0.25) is 9.80 Å². The highest BCUT2D eigenvalue weighted by Gasteiger charge is 2.34. The van der Waals surface area contributed by atoms with Gasteiger partial charge in [0.15, 0.2) is 0 Å². The van der Waals surface area contributed by atoms with Crippen LogP contribution in [0.5, 0.6) is 0 Å². The zero-order valence-electron chi connectivity index (χ0n) is 14.4. The van der Waals surface area contributed by atoms with E-state index in [1.807, 2.05) is 0 Å². The van der Waals surface area contributed by atoms with Crippen LogP contribution < -0.4 is 0 Å². The number of imidazole rings is 1. The summed E-state index contributed by atoms with van der Waals surface area (Å²) >= 11 is 0. The normalized spacial score (nSPS) is 26.0. The number of nitrogens with zero attached hydrogens (tertiary/aromatic N) is 4. The van der Waals surface area contributed by atoms with Crippen molar-refractivity contribution >= 4 is 11.0 Å². The molecule has 0 amide bonds. The summed E-state index contributed by atoms with van der Waals surface area (Å²) in [5.41, 5.74) is 2.43. The van der Waals surface area contributed by atoms with Crippen LogP contribution in [0.15, 0.2) is 24.3 Å². The van der Waals surface area contributed by atoms with Gasteiger partial charge in [-0.2, -0.15) is 0 Å². The Hall–Kier alpha value is -1.39. The van der Waals surface area contributed by atoms with Gasteiger partial charge in [0.05, 0.1) is 17.6 Å². The summed E-state index contributed by atoms with van der Waals surface area (Å²) in [5, 5.41) is 0. The highest BCUT2D eigenvalue weighted by molar-refractivity contribution is 5.75. The number of hydrogen-bond acceptors (Lipinski definition) is 3. The molecular weight excluding hydrogens is 284 g/mol. The number of hydrogen-bond donors (Lipinski definition) is 0. The first-order valence-electron chi connectivity index (χ1n) is 9.18. The van der Waals surface area contributed by atoms with Crippen molar-refractivity contribution in [1.82, 2.24) is 19.4 Å². The van der Waals surface area contributed by atoms with Crippen LogP contribution in [-0.4, -0.2) is 51.1 Å². The monoisotopic (exact) mass is 312 g/mol. The molecule has 0 N–H and O–H groups in total. The summed E-state index contributed by atoms with van der Waals surface area (Å²) < 4.78 is 2.43. The van der Waals surface area contributed by atoms with Gasteiger partial charge in [-0.25, -0.2) is 4.98 Å². The Kier molecular flexibility index (Phi) is 4.12. The molecule has 2 saturated heterocycles. The van der Waals surface area contributed by atoms with Crippen LogP contribution in [0.3, 0.4) is 0 Å². The molecule has 4 heteroatoms. The fourth-order valence-corrected chi connectivity index (χ4v) is 4.37. The largest absolute Gasteiger partial charge is 0.327 e. The quantitative estimate of drug-likeness (QED) is 0.867. The van der Waals surface area contributed by atoms with Crippen molar-refractivity contribution < 1.29 is 0 Å². The van der Waals surface area contributed by atoms with E-state index in [1.165, 1.54) is 43.8 Å². The van der Waals surface area contributed by atoms with E-state index in [9.17, 15) is 0 Å². The summed E-state index contributed by atoms with van der Waals surface area (Å²) in [6.45, 7) is 10.4. The van der Waals surface area contributed by atoms with E-state index in [2.05, 4.69) is 52.5 Å². The van der Waals surface area contributed by atoms with E-state index >= 15 is 0 Å². The third-order valence-electron chi connectivity index (χ3n) is 5.59. The van der Waals surface area contributed by atoms with Gasteiger partial charge in [-0.05, 0) is 44.9 Å². The number of aromatic nitrogens is 2. The standard InChI is InChI=1S/C19H28N4/c1-3-10-23-18-9-5-4-8-17(18)20-19(23)14-22-13-16-7-6-11-21(16)12-15(22)2/h4-5,8-9,15-16H,3,6-7,10-14H2,1-2H3/t15-,16-/m1/s1. The van der Waals surface area contributed by atoms with Crippen LogP contribution in [-0.2, 0) is 13.1 Å². The zero-order chi connectivity index (χ0) is 15.8. The van der Waals surface area contributed by atoms with Crippen molar-refractivity contribution in [3.05, 3.63) is 30.1 Å². The lowest BCUT2D eigenvalue weighted by Gasteiger charge is -2.42. The number of fused-ring (bicyclic) bond motifs is 2. The smallest absolute Gasteiger partial charge is 0.124 e. The number of rotatable bonds is 4. The Labute approximate surface area is 139 Å². The van der Waals surface area contributed by atoms with Crippen molar-refractivity contribution in [2.45, 2.75) is 58.3 Å². The van der Waals surface area contributed by atoms with E-state index in [4.69, 9.17) is 4.98 Å². The fourth-order valence-electron chi connectivity index (χ4n) is 4.37. The first-order chi connectivity index (χ1) is 11.3. The maximum Gasteiger partial charge on any atom is 0.124 e.